The largest absolute Gasteiger partial charge is 0.504 e. The van der Waals surface area contributed by atoms with E-state index in [-0.39, 0.29) is 5.75 Å². The minimum atomic E-state index is -1.56. The maximum atomic E-state index is 12.0. The number of aromatic hydroxyl groups is 1. The fraction of sp³-hybridized carbons (Fsp3) is 0.182. The standard InChI is InChI=1S/C22H20Br2O5/c1-27-19-7-4-13(10-16(19)23)22(26,14-5-8-20(28-2)17(24)11-14)15-6-9-21(29-3)18(25)12-15/h4-12,25-26H,1-3H3. The van der Waals surface area contributed by atoms with Gasteiger partial charge in [0, 0.05) is 0 Å². The third-order valence-electron chi connectivity index (χ3n) is 4.74. The fourth-order valence-electron chi connectivity index (χ4n) is 3.20. The number of ether oxygens (including phenoxy) is 3. The van der Waals surface area contributed by atoms with Crippen LogP contribution in [0.4, 0.5) is 0 Å². The van der Waals surface area contributed by atoms with Crippen molar-refractivity contribution in [2.75, 3.05) is 21.3 Å². The van der Waals surface area contributed by atoms with Gasteiger partial charge in [0.2, 0.25) is 0 Å². The highest BCUT2D eigenvalue weighted by atomic mass is 79.9. The molecule has 0 aliphatic carbocycles. The highest BCUT2D eigenvalue weighted by Gasteiger charge is 2.35. The first-order chi connectivity index (χ1) is 13.8. The zero-order valence-corrected chi connectivity index (χ0v) is 19.2. The quantitative estimate of drug-likeness (QED) is 0.433. The van der Waals surface area contributed by atoms with Gasteiger partial charge >= 0.3 is 0 Å². The van der Waals surface area contributed by atoms with E-state index in [1.807, 2.05) is 0 Å². The molecule has 0 saturated carbocycles. The highest BCUT2D eigenvalue weighted by Crippen LogP contribution is 2.43. The van der Waals surface area contributed by atoms with Gasteiger partial charge in [0.25, 0.3) is 0 Å². The Morgan fingerprint density at radius 1 is 0.655 bits per heavy atom. The summed E-state index contributed by atoms with van der Waals surface area (Å²) in [6, 6.07) is 15.5. The zero-order valence-electron chi connectivity index (χ0n) is 16.1. The average molecular weight is 524 g/mol. The predicted molar refractivity (Wildman–Crippen MR) is 118 cm³/mol. The molecule has 0 fully saturated rings. The van der Waals surface area contributed by atoms with Crippen LogP contribution in [0.5, 0.6) is 23.0 Å². The van der Waals surface area contributed by atoms with Crippen molar-refractivity contribution in [3.63, 3.8) is 0 Å². The lowest BCUT2D eigenvalue weighted by Gasteiger charge is -2.31. The number of aliphatic hydroxyl groups is 1. The van der Waals surface area contributed by atoms with Gasteiger partial charge in [-0.25, -0.2) is 0 Å². The Kier molecular flexibility index (Phi) is 6.41. The van der Waals surface area contributed by atoms with Crippen LogP contribution in [0.25, 0.3) is 0 Å². The van der Waals surface area contributed by atoms with Crippen LogP contribution in [0.15, 0.2) is 63.5 Å². The van der Waals surface area contributed by atoms with Crippen LogP contribution in [0.1, 0.15) is 16.7 Å². The lowest BCUT2D eigenvalue weighted by atomic mass is 9.80. The second kappa shape index (κ2) is 8.65. The topological polar surface area (TPSA) is 68.2 Å². The molecule has 29 heavy (non-hydrogen) atoms. The second-order valence-corrected chi connectivity index (χ2v) is 8.00. The van der Waals surface area contributed by atoms with Gasteiger partial charge in [-0.05, 0) is 84.9 Å². The summed E-state index contributed by atoms with van der Waals surface area (Å²) in [6.07, 6.45) is 0. The summed E-state index contributed by atoms with van der Waals surface area (Å²) in [4.78, 5) is 0. The number of phenolic OH excluding ortho intramolecular Hbond substituents is 1. The third kappa shape index (κ3) is 3.95. The van der Waals surface area contributed by atoms with Gasteiger partial charge in [-0.2, -0.15) is 0 Å². The van der Waals surface area contributed by atoms with Crippen molar-refractivity contribution >= 4 is 31.9 Å². The first-order valence-corrected chi connectivity index (χ1v) is 10.2. The molecule has 3 aromatic rings. The van der Waals surface area contributed by atoms with Crippen LogP contribution in [0.3, 0.4) is 0 Å². The van der Waals surface area contributed by atoms with Gasteiger partial charge in [0.1, 0.15) is 17.1 Å². The number of halogens is 2. The molecule has 0 amide bonds. The van der Waals surface area contributed by atoms with Crippen LogP contribution in [-0.4, -0.2) is 31.5 Å². The molecule has 0 saturated heterocycles. The molecule has 152 valence electrons. The molecule has 0 unspecified atom stereocenters. The molecule has 5 nitrogen and oxygen atoms in total. The van der Waals surface area contributed by atoms with Crippen molar-refractivity contribution in [3.8, 4) is 23.0 Å². The minimum absolute atomic E-state index is 0.0661. The smallest absolute Gasteiger partial charge is 0.160 e. The summed E-state index contributed by atoms with van der Waals surface area (Å²) in [5.41, 5.74) is 0.0939. The Hall–Kier alpha value is -2.22. The van der Waals surface area contributed by atoms with E-state index in [2.05, 4.69) is 31.9 Å². The van der Waals surface area contributed by atoms with Crippen molar-refractivity contribution in [1.82, 2.24) is 0 Å². The van der Waals surface area contributed by atoms with Crippen molar-refractivity contribution in [1.29, 1.82) is 0 Å². The lowest BCUT2D eigenvalue weighted by Crippen LogP contribution is -2.29. The summed E-state index contributed by atoms with van der Waals surface area (Å²) < 4.78 is 17.2. The summed E-state index contributed by atoms with van der Waals surface area (Å²) >= 11 is 6.97. The number of benzene rings is 3. The van der Waals surface area contributed by atoms with Gasteiger partial charge in [0.15, 0.2) is 11.5 Å². The molecule has 7 heteroatoms. The Morgan fingerprint density at radius 3 is 1.38 bits per heavy atom. The molecule has 0 aliphatic rings. The second-order valence-electron chi connectivity index (χ2n) is 6.30. The predicted octanol–water partition coefficient (Wildman–Crippen LogP) is 5.23. The molecule has 0 spiro atoms. The first kappa shape index (κ1) is 21.5. The van der Waals surface area contributed by atoms with Crippen LogP contribution in [0, 0.1) is 0 Å². The van der Waals surface area contributed by atoms with E-state index in [9.17, 15) is 10.2 Å². The Morgan fingerprint density at radius 2 is 1.03 bits per heavy atom. The van der Waals surface area contributed by atoms with Crippen molar-refractivity contribution < 1.29 is 24.4 Å². The van der Waals surface area contributed by atoms with Crippen molar-refractivity contribution in [2.45, 2.75) is 5.60 Å². The van der Waals surface area contributed by atoms with E-state index >= 15 is 0 Å². The van der Waals surface area contributed by atoms with Crippen LogP contribution in [-0.2, 0) is 5.60 Å². The first-order valence-electron chi connectivity index (χ1n) is 8.63. The van der Waals surface area contributed by atoms with E-state index in [0.29, 0.717) is 42.9 Å². The van der Waals surface area contributed by atoms with Crippen molar-refractivity contribution in [2.24, 2.45) is 0 Å². The number of rotatable bonds is 6. The molecule has 0 atom stereocenters. The molecule has 3 aromatic carbocycles. The van der Waals surface area contributed by atoms with Gasteiger partial charge in [-0.15, -0.1) is 0 Å². The van der Waals surface area contributed by atoms with Gasteiger partial charge in [-0.1, -0.05) is 18.2 Å². The summed E-state index contributed by atoms with van der Waals surface area (Å²) in [6.45, 7) is 0. The monoisotopic (exact) mass is 522 g/mol. The number of hydrogen-bond acceptors (Lipinski definition) is 5. The van der Waals surface area contributed by atoms with E-state index in [4.69, 9.17) is 14.2 Å². The number of methoxy groups -OCH3 is 3. The van der Waals surface area contributed by atoms with Gasteiger partial charge < -0.3 is 24.4 Å². The number of phenols is 1. The van der Waals surface area contributed by atoms with E-state index in [0.717, 1.165) is 0 Å². The van der Waals surface area contributed by atoms with Gasteiger partial charge in [-0.3, -0.25) is 0 Å². The molecular weight excluding hydrogens is 504 g/mol. The molecule has 0 aliphatic heterocycles. The minimum Gasteiger partial charge on any atom is -0.504 e. The molecular formula is C22H20Br2O5. The summed E-state index contributed by atoms with van der Waals surface area (Å²) in [5, 5.41) is 22.3. The molecule has 3 rings (SSSR count). The maximum absolute atomic E-state index is 12.0. The highest BCUT2D eigenvalue weighted by molar-refractivity contribution is 9.10. The summed E-state index contributed by atoms with van der Waals surface area (Å²) in [7, 11) is 4.63. The van der Waals surface area contributed by atoms with E-state index in [1.54, 1.807) is 62.8 Å². The van der Waals surface area contributed by atoms with Crippen LogP contribution < -0.4 is 14.2 Å². The van der Waals surface area contributed by atoms with E-state index in [1.165, 1.54) is 13.2 Å². The SMILES string of the molecule is COc1ccc(C(O)(c2ccc(OC)c(Br)c2)c2ccc(OC)c(Br)c2)cc1O. The molecule has 2 N–H and O–H groups in total. The molecule has 0 aromatic heterocycles. The lowest BCUT2D eigenvalue weighted by molar-refractivity contribution is 0.125. The molecule has 0 radical (unpaired) electrons. The van der Waals surface area contributed by atoms with Crippen molar-refractivity contribution in [3.05, 3.63) is 80.2 Å². The number of hydrogen-bond donors (Lipinski definition) is 2. The Bertz CT molecular complexity index is 906. The van der Waals surface area contributed by atoms with Crippen LogP contribution in [0.2, 0.25) is 0 Å². The Balaban J connectivity index is 2.27. The van der Waals surface area contributed by atoms with Gasteiger partial charge in [0.05, 0.1) is 30.3 Å². The van der Waals surface area contributed by atoms with Crippen LogP contribution >= 0.6 is 31.9 Å². The maximum Gasteiger partial charge on any atom is 0.160 e. The normalized spacial score (nSPS) is 11.2. The Labute approximate surface area is 186 Å². The average Bonchev–Trinajstić information content (AvgIpc) is 2.72. The molecule has 0 heterocycles. The zero-order chi connectivity index (χ0) is 21.2. The molecule has 0 bridgehead atoms. The summed E-state index contributed by atoms with van der Waals surface area (Å²) in [5.74, 6) is 1.54. The third-order valence-corrected chi connectivity index (χ3v) is 5.98. The van der Waals surface area contributed by atoms with E-state index < -0.39 is 5.60 Å². The fourth-order valence-corrected chi connectivity index (χ4v) is 4.28.